The quantitative estimate of drug-likeness (QED) is 0.577. The van der Waals surface area contributed by atoms with Gasteiger partial charge in [-0.05, 0) is 44.0 Å². The number of halogens is 1. The van der Waals surface area contributed by atoms with Crippen molar-refractivity contribution in [2.75, 3.05) is 5.32 Å². The Morgan fingerprint density at radius 2 is 1.80 bits per heavy atom. The van der Waals surface area contributed by atoms with Crippen LogP contribution in [0.2, 0.25) is 0 Å². The molecule has 1 unspecified atom stereocenters. The average Bonchev–Trinajstić information content (AvgIpc) is 3.49. The van der Waals surface area contributed by atoms with Crippen molar-refractivity contribution in [2.45, 2.75) is 36.2 Å². The predicted octanol–water partition coefficient (Wildman–Crippen LogP) is 4.25. The van der Waals surface area contributed by atoms with Crippen LogP contribution < -0.4 is 10.6 Å². The van der Waals surface area contributed by atoms with E-state index in [4.69, 9.17) is 0 Å². The van der Waals surface area contributed by atoms with Gasteiger partial charge < -0.3 is 5.32 Å². The molecule has 2 aromatic carbocycles. The van der Waals surface area contributed by atoms with Gasteiger partial charge in [-0.25, -0.2) is 9.18 Å². The third-order valence-corrected chi connectivity index (χ3v) is 5.67. The second kappa shape index (κ2) is 8.66. The first-order valence-corrected chi connectivity index (χ1v) is 10.4. The van der Waals surface area contributed by atoms with Crippen molar-refractivity contribution in [1.82, 2.24) is 20.1 Å². The Kier molecular flexibility index (Phi) is 5.80. The van der Waals surface area contributed by atoms with Crippen LogP contribution in [0, 0.1) is 5.82 Å². The van der Waals surface area contributed by atoms with Crippen LogP contribution in [0.15, 0.2) is 59.8 Å². The van der Waals surface area contributed by atoms with Gasteiger partial charge in [0.15, 0.2) is 11.0 Å². The summed E-state index contributed by atoms with van der Waals surface area (Å²) in [5.41, 5.74) is 0.967. The van der Waals surface area contributed by atoms with E-state index in [0.29, 0.717) is 22.2 Å². The van der Waals surface area contributed by atoms with Crippen LogP contribution in [-0.2, 0) is 4.79 Å². The zero-order chi connectivity index (χ0) is 21.1. The summed E-state index contributed by atoms with van der Waals surface area (Å²) in [5.74, 6) is -0.370. The molecule has 0 saturated heterocycles. The van der Waals surface area contributed by atoms with Gasteiger partial charge in [-0.15, -0.1) is 10.2 Å². The van der Waals surface area contributed by atoms with E-state index in [1.165, 1.54) is 17.8 Å². The Hall–Kier alpha value is -3.20. The number of para-hydroxylation sites is 1. The van der Waals surface area contributed by atoms with Crippen molar-refractivity contribution >= 4 is 29.4 Å². The molecule has 0 aliphatic heterocycles. The second-order valence-electron chi connectivity index (χ2n) is 6.96. The van der Waals surface area contributed by atoms with Gasteiger partial charge in [0.05, 0.1) is 10.8 Å². The van der Waals surface area contributed by atoms with Crippen LogP contribution >= 0.6 is 11.8 Å². The van der Waals surface area contributed by atoms with Gasteiger partial charge in [-0.2, -0.15) is 0 Å². The lowest BCUT2D eigenvalue weighted by Gasteiger charge is -2.13. The first-order valence-electron chi connectivity index (χ1n) is 9.56. The van der Waals surface area contributed by atoms with E-state index in [1.807, 2.05) is 10.6 Å². The fourth-order valence-corrected chi connectivity index (χ4v) is 3.87. The molecule has 0 bridgehead atoms. The first kappa shape index (κ1) is 20.1. The third-order valence-electron chi connectivity index (χ3n) is 4.61. The van der Waals surface area contributed by atoms with Crippen molar-refractivity contribution in [3.8, 4) is 11.4 Å². The summed E-state index contributed by atoms with van der Waals surface area (Å²) in [4.78, 5) is 24.5. The number of nitrogens with zero attached hydrogens (tertiary/aromatic N) is 3. The van der Waals surface area contributed by atoms with E-state index in [-0.39, 0.29) is 11.9 Å². The molecule has 7 nitrogen and oxygen atoms in total. The highest BCUT2D eigenvalue weighted by Crippen LogP contribution is 2.42. The molecule has 1 aromatic heterocycles. The number of rotatable bonds is 6. The molecule has 3 amide bonds. The Bertz CT molecular complexity index is 1070. The summed E-state index contributed by atoms with van der Waals surface area (Å²) in [5, 5.41) is 13.2. The molecule has 9 heteroatoms. The molecule has 1 aliphatic carbocycles. The minimum absolute atomic E-state index is 0.189. The smallest absolute Gasteiger partial charge is 0.308 e. The average molecular weight is 425 g/mol. The summed E-state index contributed by atoms with van der Waals surface area (Å²) in [6.07, 6.45) is 1.90. The molecule has 1 fully saturated rings. The highest BCUT2D eigenvalue weighted by Gasteiger charge is 2.32. The Morgan fingerprint density at radius 3 is 2.50 bits per heavy atom. The van der Waals surface area contributed by atoms with Crippen molar-refractivity contribution < 1.29 is 14.0 Å². The maximum atomic E-state index is 14.3. The lowest BCUT2D eigenvalue weighted by Crippen LogP contribution is -2.38. The number of anilines is 1. The maximum absolute atomic E-state index is 14.3. The fraction of sp³-hybridized carbons (Fsp3) is 0.238. The van der Waals surface area contributed by atoms with Crippen LogP contribution in [0.1, 0.15) is 25.8 Å². The molecule has 30 heavy (non-hydrogen) atoms. The molecule has 154 valence electrons. The zero-order valence-corrected chi connectivity index (χ0v) is 17.0. The normalized spacial score (nSPS) is 14.2. The van der Waals surface area contributed by atoms with Gasteiger partial charge in [-0.3, -0.25) is 14.7 Å². The minimum Gasteiger partial charge on any atom is -0.308 e. The van der Waals surface area contributed by atoms with Crippen LogP contribution in [0.3, 0.4) is 0 Å². The summed E-state index contributed by atoms with van der Waals surface area (Å²) in [6, 6.07) is 14.9. The summed E-state index contributed by atoms with van der Waals surface area (Å²) in [6.45, 7) is 1.69. The van der Waals surface area contributed by atoms with E-state index >= 15 is 0 Å². The van der Waals surface area contributed by atoms with Gasteiger partial charge in [0.1, 0.15) is 5.82 Å². The standard InChI is InChI=1S/C21H20FN5O2S/c1-13(19(28)24-20(29)23-14-7-3-2-4-8-14)30-21-26-25-18(27(21)15-11-12-15)16-9-5-6-10-17(16)22/h2-10,13,15H,11-12H2,1H3,(H2,23,24,28,29). The van der Waals surface area contributed by atoms with Crippen molar-refractivity contribution in [3.05, 3.63) is 60.4 Å². The number of hydrogen-bond donors (Lipinski definition) is 2. The molecule has 1 aliphatic rings. The van der Waals surface area contributed by atoms with Crippen LogP contribution in [-0.4, -0.2) is 32.0 Å². The van der Waals surface area contributed by atoms with E-state index < -0.39 is 17.2 Å². The van der Waals surface area contributed by atoms with Crippen molar-refractivity contribution in [2.24, 2.45) is 0 Å². The van der Waals surface area contributed by atoms with Gasteiger partial charge in [0.2, 0.25) is 5.91 Å². The number of carbonyl (C=O) groups excluding carboxylic acids is 2. The van der Waals surface area contributed by atoms with E-state index in [2.05, 4.69) is 20.8 Å². The molecule has 2 N–H and O–H groups in total. The van der Waals surface area contributed by atoms with E-state index in [0.717, 1.165) is 12.8 Å². The number of thioether (sulfide) groups is 1. The zero-order valence-electron chi connectivity index (χ0n) is 16.2. The number of aromatic nitrogens is 3. The lowest BCUT2D eigenvalue weighted by molar-refractivity contribution is -0.119. The maximum Gasteiger partial charge on any atom is 0.325 e. The van der Waals surface area contributed by atoms with E-state index in [1.54, 1.807) is 49.4 Å². The summed E-state index contributed by atoms with van der Waals surface area (Å²) in [7, 11) is 0. The Labute approximate surface area is 177 Å². The molecular formula is C21H20FN5O2S. The lowest BCUT2D eigenvalue weighted by atomic mass is 10.2. The Morgan fingerprint density at radius 1 is 1.10 bits per heavy atom. The van der Waals surface area contributed by atoms with Gasteiger partial charge in [0.25, 0.3) is 0 Å². The number of carbonyl (C=O) groups is 2. The number of urea groups is 1. The highest BCUT2D eigenvalue weighted by atomic mass is 32.2. The van der Waals surface area contributed by atoms with Crippen molar-refractivity contribution in [1.29, 1.82) is 0 Å². The molecule has 4 rings (SSSR count). The van der Waals surface area contributed by atoms with Crippen molar-refractivity contribution in [3.63, 3.8) is 0 Å². The summed E-state index contributed by atoms with van der Waals surface area (Å²) >= 11 is 1.19. The number of amides is 3. The third kappa shape index (κ3) is 4.51. The predicted molar refractivity (Wildman–Crippen MR) is 113 cm³/mol. The monoisotopic (exact) mass is 425 g/mol. The van der Waals surface area contributed by atoms with Gasteiger partial charge in [0, 0.05) is 11.7 Å². The second-order valence-corrected chi connectivity index (χ2v) is 8.26. The first-order chi connectivity index (χ1) is 14.5. The molecule has 1 saturated carbocycles. The number of hydrogen-bond acceptors (Lipinski definition) is 5. The number of benzene rings is 2. The molecule has 1 heterocycles. The minimum atomic E-state index is -0.602. The van der Waals surface area contributed by atoms with Crippen LogP contribution in [0.5, 0.6) is 0 Å². The van der Waals surface area contributed by atoms with E-state index in [9.17, 15) is 14.0 Å². The van der Waals surface area contributed by atoms with Gasteiger partial charge in [-0.1, -0.05) is 42.1 Å². The molecule has 0 radical (unpaired) electrons. The Balaban J connectivity index is 1.45. The molecule has 3 aromatic rings. The van der Waals surface area contributed by atoms with Crippen LogP contribution in [0.25, 0.3) is 11.4 Å². The molecular weight excluding hydrogens is 405 g/mol. The molecule has 0 spiro atoms. The molecule has 1 atom stereocenters. The summed E-state index contributed by atoms with van der Waals surface area (Å²) < 4.78 is 16.2. The SMILES string of the molecule is CC(Sc1nnc(-c2ccccc2F)n1C1CC1)C(=O)NC(=O)Nc1ccccc1. The number of nitrogens with one attached hydrogen (secondary N) is 2. The largest absolute Gasteiger partial charge is 0.325 e. The van der Waals surface area contributed by atoms with Crippen LogP contribution in [0.4, 0.5) is 14.9 Å². The number of imide groups is 1. The highest BCUT2D eigenvalue weighted by molar-refractivity contribution is 8.00. The topological polar surface area (TPSA) is 88.9 Å². The fourth-order valence-electron chi connectivity index (χ4n) is 2.95. The van der Waals surface area contributed by atoms with Gasteiger partial charge >= 0.3 is 6.03 Å².